The maximum absolute atomic E-state index is 10.1. The van der Waals surface area contributed by atoms with E-state index in [1.807, 2.05) is 18.4 Å². The summed E-state index contributed by atoms with van der Waals surface area (Å²) in [7, 11) is 1.75. The summed E-state index contributed by atoms with van der Waals surface area (Å²) in [4.78, 5) is 2.64. The zero-order chi connectivity index (χ0) is 18.7. The van der Waals surface area contributed by atoms with Gasteiger partial charge in [-0.05, 0) is 61.1 Å². The highest BCUT2D eigenvalue weighted by atomic mass is 16.5. The standard InChI is InChI=1S/C24H29NO2/c1-27-18-22-23-11-6-13-24(22,20-9-5-10-21(26)17-20)14-16-25(23)15-12-19-7-3-2-4-8-19/h2-5,7-10,17-18,23,26H,6,11-16H2,1H3/b22-18+. The summed E-state index contributed by atoms with van der Waals surface area (Å²) in [5, 5.41) is 10.1. The third-order valence-electron chi connectivity index (χ3n) is 6.43. The van der Waals surface area contributed by atoms with Gasteiger partial charge in [-0.25, -0.2) is 0 Å². The van der Waals surface area contributed by atoms with Crippen molar-refractivity contribution in [2.45, 2.75) is 43.6 Å². The number of phenols is 1. The van der Waals surface area contributed by atoms with Gasteiger partial charge in [0.05, 0.1) is 13.4 Å². The minimum Gasteiger partial charge on any atom is -0.508 e. The molecule has 4 rings (SSSR count). The van der Waals surface area contributed by atoms with Gasteiger partial charge in [0.1, 0.15) is 5.75 Å². The molecule has 1 aliphatic heterocycles. The minimum atomic E-state index is 0.000906. The molecule has 2 atom stereocenters. The van der Waals surface area contributed by atoms with Gasteiger partial charge in [-0.15, -0.1) is 0 Å². The van der Waals surface area contributed by atoms with E-state index in [-0.39, 0.29) is 5.41 Å². The summed E-state index contributed by atoms with van der Waals surface area (Å²) in [6, 6.07) is 19.0. The van der Waals surface area contributed by atoms with E-state index in [1.165, 1.54) is 29.5 Å². The maximum Gasteiger partial charge on any atom is 0.115 e. The smallest absolute Gasteiger partial charge is 0.115 e. The van der Waals surface area contributed by atoms with Crippen molar-refractivity contribution in [1.82, 2.24) is 4.90 Å². The number of methoxy groups -OCH3 is 1. The first-order chi connectivity index (χ1) is 13.2. The molecule has 27 heavy (non-hydrogen) atoms. The van der Waals surface area contributed by atoms with Crippen molar-refractivity contribution in [3.05, 3.63) is 77.6 Å². The molecule has 1 N–H and O–H groups in total. The van der Waals surface area contributed by atoms with Crippen LogP contribution in [0.25, 0.3) is 0 Å². The molecule has 3 nitrogen and oxygen atoms in total. The van der Waals surface area contributed by atoms with Crippen LogP contribution in [-0.4, -0.2) is 36.2 Å². The summed E-state index contributed by atoms with van der Waals surface area (Å²) >= 11 is 0. The number of fused-ring (bicyclic) bond motifs is 2. The van der Waals surface area contributed by atoms with E-state index in [0.717, 1.165) is 32.4 Å². The first-order valence-electron chi connectivity index (χ1n) is 10.0. The largest absolute Gasteiger partial charge is 0.508 e. The molecule has 3 heteroatoms. The normalized spacial score (nSPS) is 26.9. The fourth-order valence-electron chi connectivity index (χ4n) is 5.12. The average Bonchev–Trinajstić information content (AvgIpc) is 2.69. The van der Waals surface area contributed by atoms with E-state index in [1.54, 1.807) is 13.2 Å². The molecule has 2 fully saturated rings. The van der Waals surface area contributed by atoms with Gasteiger partial charge in [-0.3, -0.25) is 4.90 Å². The van der Waals surface area contributed by atoms with E-state index in [0.29, 0.717) is 11.8 Å². The Morgan fingerprint density at radius 2 is 2.00 bits per heavy atom. The van der Waals surface area contributed by atoms with Crippen LogP contribution in [0.15, 0.2) is 66.4 Å². The Bertz CT molecular complexity index is 801. The van der Waals surface area contributed by atoms with Gasteiger partial charge in [-0.2, -0.15) is 0 Å². The van der Waals surface area contributed by atoms with Crippen LogP contribution in [0.5, 0.6) is 5.75 Å². The number of hydrogen-bond donors (Lipinski definition) is 1. The summed E-state index contributed by atoms with van der Waals surface area (Å²) in [6.07, 6.45) is 7.68. The highest BCUT2D eigenvalue weighted by Crippen LogP contribution is 2.51. The second-order valence-electron chi connectivity index (χ2n) is 7.87. The van der Waals surface area contributed by atoms with Gasteiger partial charge >= 0.3 is 0 Å². The molecule has 2 aromatic carbocycles. The van der Waals surface area contributed by atoms with E-state index < -0.39 is 0 Å². The van der Waals surface area contributed by atoms with Crippen LogP contribution in [0, 0.1) is 0 Å². The Morgan fingerprint density at radius 3 is 2.78 bits per heavy atom. The first kappa shape index (κ1) is 18.1. The Morgan fingerprint density at radius 1 is 1.15 bits per heavy atom. The lowest BCUT2D eigenvalue weighted by Gasteiger charge is -2.52. The number of aromatic hydroxyl groups is 1. The van der Waals surface area contributed by atoms with E-state index in [4.69, 9.17) is 4.74 Å². The van der Waals surface area contributed by atoms with Crippen LogP contribution in [0.4, 0.5) is 0 Å². The number of nitrogens with zero attached hydrogens (tertiary/aromatic N) is 1. The molecule has 2 unspecified atom stereocenters. The second kappa shape index (κ2) is 7.77. The van der Waals surface area contributed by atoms with Gasteiger partial charge in [0.25, 0.3) is 0 Å². The molecule has 1 heterocycles. The number of hydrogen-bond acceptors (Lipinski definition) is 3. The van der Waals surface area contributed by atoms with E-state index in [2.05, 4.69) is 41.3 Å². The molecule has 1 saturated heterocycles. The molecule has 2 aromatic rings. The number of piperidine rings is 1. The fourth-order valence-corrected chi connectivity index (χ4v) is 5.12. The monoisotopic (exact) mass is 363 g/mol. The Balaban J connectivity index is 1.61. The summed E-state index contributed by atoms with van der Waals surface area (Å²) in [5.41, 5.74) is 4.02. The Hall–Kier alpha value is -2.26. The molecule has 1 saturated carbocycles. The van der Waals surface area contributed by atoms with Gasteiger partial charge in [0.15, 0.2) is 0 Å². The number of likely N-dealkylation sites (tertiary alicyclic amines) is 1. The zero-order valence-electron chi connectivity index (χ0n) is 16.1. The van der Waals surface area contributed by atoms with Crippen molar-refractivity contribution in [2.75, 3.05) is 20.2 Å². The summed E-state index contributed by atoms with van der Waals surface area (Å²) < 4.78 is 5.55. The number of phenolic OH excluding ortho intramolecular Hbond substituents is 1. The number of benzene rings is 2. The summed E-state index contributed by atoms with van der Waals surface area (Å²) in [6.45, 7) is 2.17. The second-order valence-corrected chi connectivity index (χ2v) is 7.87. The van der Waals surface area contributed by atoms with Crippen LogP contribution in [0.3, 0.4) is 0 Å². The average molecular weight is 364 g/mol. The van der Waals surface area contributed by atoms with E-state index in [9.17, 15) is 5.11 Å². The molecule has 1 aliphatic carbocycles. The molecular formula is C24H29NO2. The van der Waals surface area contributed by atoms with Crippen LogP contribution in [-0.2, 0) is 16.6 Å². The predicted molar refractivity (Wildman–Crippen MR) is 109 cm³/mol. The molecule has 0 amide bonds. The van der Waals surface area contributed by atoms with Crippen LogP contribution >= 0.6 is 0 Å². The van der Waals surface area contributed by atoms with E-state index >= 15 is 0 Å². The lowest BCUT2D eigenvalue weighted by atomic mass is 9.60. The molecule has 0 aromatic heterocycles. The lowest BCUT2D eigenvalue weighted by molar-refractivity contribution is 0.104. The quantitative estimate of drug-likeness (QED) is 0.784. The molecular weight excluding hydrogens is 334 g/mol. The lowest BCUT2D eigenvalue weighted by Crippen LogP contribution is -2.54. The van der Waals surface area contributed by atoms with Crippen LogP contribution < -0.4 is 0 Å². The summed E-state index contributed by atoms with van der Waals surface area (Å²) in [5.74, 6) is 0.354. The van der Waals surface area contributed by atoms with Crippen molar-refractivity contribution in [3.63, 3.8) is 0 Å². The topological polar surface area (TPSA) is 32.7 Å². The Labute approximate surface area is 162 Å². The molecule has 0 radical (unpaired) electrons. The van der Waals surface area contributed by atoms with Crippen molar-refractivity contribution in [2.24, 2.45) is 0 Å². The predicted octanol–water partition coefficient (Wildman–Crippen LogP) is 4.66. The molecule has 2 bridgehead atoms. The van der Waals surface area contributed by atoms with Crippen molar-refractivity contribution in [1.29, 1.82) is 0 Å². The third-order valence-corrected chi connectivity index (χ3v) is 6.43. The molecule has 2 aliphatic rings. The van der Waals surface area contributed by atoms with Crippen LogP contribution in [0.1, 0.15) is 36.8 Å². The van der Waals surface area contributed by atoms with Gasteiger partial charge in [0.2, 0.25) is 0 Å². The SMILES string of the molecule is CO/C=C1\C2CCCC1(c1cccc(O)c1)CCN2CCc1ccccc1. The third kappa shape index (κ3) is 3.49. The highest BCUT2D eigenvalue weighted by molar-refractivity contribution is 5.44. The highest BCUT2D eigenvalue weighted by Gasteiger charge is 2.48. The number of ether oxygens (including phenoxy) is 1. The van der Waals surface area contributed by atoms with Crippen molar-refractivity contribution in [3.8, 4) is 5.75 Å². The zero-order valence-corrected chi connectivity index (χ0v) is 16.1. The number of rotatable bonds is 5. The van der Waals surface area contributed by atoms with Gasteiger partial charge in [0, 0.05) is 18.0 Å². The van der Waals surface area contributed by atoms with Crippen molar-refractivity contribution < 1.29 is 9.84 Å². The molecule has 142 valence electrons. The molecule has 0 spiro atoms. The van der Waals surface area contributed by atoms with Crippen LogP contribution in [0.2, 0.25) is 0 Å². The maximum atomic E-state index is 10.1. The van der Waals surface area contributed by atoms with Gasteiger partial charge in [-0.1, -0.05) is 48.9 Å². The first-order valence-corrected chi connectivity index (χ1v) is 10.0. The van der Waals surface area contributed by atoms with Crippen molar-refractivity contribution >= 4 is 0 Å². The minimum absolute atomic E-state index is 0.000906. The van der Waals surface area contributed by atoms with Gasteiger partial charge < -0.3 is 9.84 Å². The fraction of sp³-hybridized carbons (Fsp3) is 0.417. The Kier molecular flexibility index (Phi) is 5.22.